The molecule has 0 bridgehead atoms. The Morgan fingerprint density at radius 2 is 2.00 bits per heavy atom. The lowest BCUT2D eigenvalue weighted by molar-refractivity contribution is -0.122. The molecule has 0 radical (unpaired) electrons. The number of hydrogen-bond acceptors (Lipinski definition) is 4. The highest BCUT2D eigenvalue weighted by atomic mass is 32.1. The van der Waals surface area contributed by atoms with E-state index in [0.717, 1.165) is 17.7 Å². The first kappa shape index (κ1) is 17.1. The summed E-state index contributed by atoms with van der Waals surface area (Å²) >= 11 is 1.61. The molecule has 136 valence electrons. The van der Waals surface area contributed by atoms with E-state index in [9.17, 15) is 9.59 Å². The third-order valence-electron chi connectivity index (χ3n) is 4.89. The number of nitrogens with one attached hydrogen (secondary N) is 2. The Hall–Kier alpha value is -2.34. The van der Waals surface area contributed by atoms with Gasteiger partial charge < -0.3 is 15.4 Å². The average Bonchev–Trinajstić information content (AvgIpc) is 2.98. The van der Waals surface area contributed by atoms with Gasteiger partial charge in [0.2, 0.25) is 0 Å². The third kappa shape index (κ3) is 3.46. The van der Waals surface area contributed by atoms with Crippen LogP contribution in [0.4, 0.5) is 11.4 Å². The van der Waals surface area contributed by atoms with Crippen molar-refractivity contribution in [3.8, 4) is 5.75 Å². The molecule has 0 saturated heterocycles. The van der Waals surface area contributed by atoms with Crippen molar-refractivity contribution in [2.75, 3.05) is 10.6 Å². The zero-order valence-electron chi connectivity index (χ0n) is 14.8. The van der Waals surface area contributed by atoms with E-state index in [2.05, 4.69) is 10.6 Å². The molecule has 2 N–H and O–H groups in total. The summed E-state index contributed by atoms with van der Waals surface area (Å²) in [5, 5.41) is 5.74. The van der Waals surface area contributed by atoms with Crippen LogP contribution < -0.4 is 15.4 Å². The number of benzene rings is 1. The summed E-state index contributed by atoms with van der Waals surface area (Å²) in [5.74, 6) is 0.339. The van der Waals surface area contributed by atoms with E-state index in [1.165, 1.54) is 36.1 Å². The second kappa shape index (κ2) is 7.11. The Labute approximate surface area is 156 Å². The number of amides is 2. The minimum Gasteiger partial charge on any atom is -0.479 e. The minimum atomic E-state index is -0.506. The molecule has 2 aromatic rings. The van der Waals surface area contributed by atoms with Gasteiger partial charge in [-0.1, -0.05) is 12.8 Å². The first-order valence-corrected chi connectivity index (χ1v) is 9.96. The van der Waals surface area contributed by atoms with Crippen molar-refractivity contribution in [1.29, 1.82) is 0 Å². The van der Waals surface area contributed by atoms with Gasteiger partial charge in [0.05, 0.1) is 10.6 Å². The van der Waals surface area contributed by atoms with Crippen molar-refractivity contribution in [3.63, 3.8) is 0 Å². The van der Waals surface area contributed by atoms with Gasteiger partial charge in [-0.25, -0.2) is 0 Å². The quantitative estimate of drug-likeness (QED) is 0.824. The lowest BCUT2D eigenvalue weighted by Gasteiger charge is -2.23. The third-order valence-corrected chi connectivity index (χ3v) is 6.12. The summed E-state index contributed by atoms with van der Waals surface area (Å²) < 4.78 is 5.54. The Balaban J connectivity index is 1.51. The Morgan fingerprint density at radius 1 is 1.19 bits per heavy atom. The van der Waals surface area contributed by atoms with Crippen LogP contribution in [0, 0.1) is 0 Å². The van der Waals surface area contributed by atoms with Crippen LogP contribution in [0.25, 0.3) is 0 Å². The molecule has 1 aliphatic heterocycles. The number of thiophene rings is 1. The summed E-state index contributed by atoms with van der Waals surface area (Å²) in [4.78, 5) is 26.5. The normalized spacial score (nSPS) is 19.3. The Bertz CT molecular complexity index is 833. The molecule has 1 aliphatic carbocycles. The molecule has 0 spiro atoms. The number of anilines is 2. The number of hydrogen-bond donors (Lipinski definition) is 2. The number of ether oxygens (including phenoxy) is 1. The molecule has 2 aliphatic rings. The first-order chi connectivity index (χ1) is 12.6. The monoisotopic (exact) mass is 370 g/mol. The van der Waals surface area contributed by atoms with E-state index in [1.807, 2.05) is 6.07 Å². The van der Waals surface area contributed by atoms with Crippen molar-refractivity contribution in [2.24, 2.45) is 0 Å². The molecule has 0 saturated carbocycles. The highest BCUT2D eigenvalue weighted by Crippen LogP contribution is 2.33. The molecule has 1 aromatic heterocycles. The van der Waals surface area contributed by atoms with E-state index < -0.39 is 6.10 Å². The smallest absolute Gasteiger partial charge is 0.265 e. The molecule has 5 nitrogen and oxygen atoms in total. The molecular weight excluding hydrogens is 348 g/mol. The topological polar surface area (TPSA) is 67.4 Å². The van der Waals surface area contributed by atoms with Crippen molar-refractivity contribution < 1.29 is 14.3 Å². The maximum Gasteiger partial charge on any atom is 0.265 e. The van der Waals surface area contributed by atoms with Gasteiger partial charge in [-0.15, -0.1) is 11.3 Å². The van der Waals surface area contributed by atoms with Crippen LogP contribution >= 0.6 is 11.3 Å². The van der Waals surface area contributed by atoms with E-state index in [1.54, 1.807) is 36.5 Å². The van der Waals surface area contributed by atoms with Gasteiger partial charge in [0.25, 0.3) is 11.8 Å². The maximum absolute atomic E-state index is 12.7. The van der Waals surface area contributed by atoms with Crippen molar-refractivity contribution in [3.05, 3.63) is 39.6 Å². The fourth-order valence-electron chi connectivity index (χ4n) is 3.44. The van der Waals surface area contributed by atoms with Crippen LogP contribution in [0.1, 0.15) is 52.7 Å². The molecular formula is C20H22N2O3S. The SMILES string of the molecule is CC1Oc2ccc(NC(=O)c3cc4c(s3)CCCCCC4)cc2NC1=O. The summed E-state index contributed by atoms with van der Waals surface area (Å²) in [7, 11) is 0. The van der Waals surface area contributed by atoms with Crippen molar-refractivity contribution in [1.82, 2.24) is 0 Å². The van der Waals surface area contributed by atoms with Gasteiger partial charge in [0.15, 0.2) is 6.10 Å². The lowest BCUT2D eigenvalue weighted by atomic mass is 10.00. The predicted molar refractivity (Wildman–Crippen MR) is 103 cm³/mol. The van der Waals surface area contributed by atoms with Crippen LogP contribution in [0.5, 0.6) is 5.75 Å². The van der Waals surface area contributed by atoms with Gasteiger partial charge in [-0.05, 0) is 62.4 Å². The van der Waals surface area contributed by atoms with Gasteiger partial charge in [0, 0.05) is 10.6 Å². The highest BCUT2D eigenvalue weighted by Gasteiger charge is 2.24. The highest BCUT2D eigenvalue weighted by molar-refractivity contribution is 7.14. The number of carbonyl (C=O) groups excluding carboxylic acids is 2. The Morgan fingerprint density at radius 3 is 2.85 bits per heavy atom. The standard InChI is InChI=1S/C20H22N2O3S/c1-12-19(23)22-15-11-14(8-9-16(15)25-12)21-20(24)18-10-13-6-4-2-3-5-7-17(13)26-18/h8-12H,2-7H2,1H3,(H,21,24)(H,22,23). The molecule has 6 heteroatoms. The lowest BCUT2D eigenvalue weighted by Crippen LogP contribution is -2.34. The molecule has 1 aromatic carbocycles. The van der Waals surface area contributed by atoms with Crippen LogP contribution in [-0.4, -0.2) is 17.9 Å². The van der Waals surface area contributed by atoms with Crippen LogP contribution in [0.15, 0.2) is 24.3 Å². The number of fused-ring (bicyclic) bond motifs is 2. The number of aryl methyl sites for hydroxylation is 2. The van der Waals surface area contributed by atoms with Crippen LogP contribution in [0.3, 0.4) is 0 Å². The number of rotatable bonds is 2. The van der Waals surface area contributed by atoms with Crippen LogP contribution in [0.2, 0.25) is 0 Å². The molecule has 2 heterocycles. The first-order valence-electron chi connectivity index (χ1n) is 9.14. The zero-order valence-corrected chi connectivity index (χ0v) is 15.6. The fraction of sp³-hybridized carbons (Fsp3) is 0.400. The average molecular weight is 370 g/mol. The Kier molecular flexibility index (Phi) is 4.68. The summed E-state index contributed by atoms with van der Waals surface area (Å²) in [5.41, 5.74) is 2.57. The van der Waals surface area contributed by atoms with E-state index in [0.29, 0.717) is 17.1 Å². The molecule has 2 amide bonds. The zero-order chi connectivity index (χ0) is 18.1. The molecule has 4 rings (SSSR count). The van der Waals surface area contributed by atoms with Gasteiger partial charge in [-0.2, -0.15) is 0 Å². The fourth-order valence-corrected chi connectivity index (χ4v) is 4.58. The summed E-state index contributed by atoms with van der Waals surface area (Å²) in [6.45, 7) is 1.71. The second-order valence-electron chi connectivity index (χ2n) is 6.89. The molecule has 0 fully saturated rings. The van der Waals surface area contributed by atoms with Gasteiger partial charge in [0.1, 0.15) is 5.75 Å². The van der Waals surface area contributed by atoms with Gasteiger partial charge >= 0.3 is 0 Å². The molecule has 1 atom stereocenters. The minimum absolute atomic E-state index is 0.0990. The van der Waals surface area contributed by atoms with Gasteiger partial charge in [-0.3, -0.25) is 9.59 Å². The predicted octanol–water partition coefficient (Wildman–Crippen LogP) is 4.38. The largest absolute Gasteiger partial charge is 0.479 e. The molecule has 26 heavy (non-hydrogen) atoms. The maximum atomic E-state index is 12.7. The van der Waals surface area contributed by atoms with Crippen LogP contribution in [-0.2, 0) is 17.6 Å². The summed E-state index contributed by atoms with van der Waals surface area (Å²) in [6.07, 6.45) is 6.60. The van der Waals surface area contributed by atoms with E-state index >= 15 is 0 Å². The summed E-state index contributed by atoms with van der Waals surface area (Å²) in [6, 6.07) is 7.35. The van der Waals surface area contributed by atoms with Crippen molar-refractivity contribution in [2.45, 2.75) is 51.6 Å². The van der Waals surface area contributed by atoms with E-state index in [-0.39, 0.29) is 11.8 Å². The van der Waals surface area contributed by atoms with E-state index in [4.69, 9.17) is 4.74 Å². The molecule has 1 unspecified atom stereocenters. The second-order valence-corrected chi connectivity index (χ2v) is 8.02. The van der Waals surface area contributed by atoms with Crippen molar-refractivity contribution >= 4 is 34.5 Å². The number of carbonyl (C=O) groups is 2.